The van der Waals surface area contributed by atoms with Crippen LogP contribution in [0.1, 0.15) is 11.4 Å². The van der Waals surface area contributed by atoms with Gasteiger partial charge in [0.1, 0.15) is 5.75 Å². The Kier molecular flexibility index (Phi) is 2.92. The third-order valence-electron chi connectivity index (χ3n) is 2.19. The highest BCUT2D eigenvalue weighted by molar-refractivity contribution is 5.27. The summed E-state index contributed by atoms with van der Waals surface area (Å²) in [4.78, 5) is 0. The van der Waals surface area contributed by atoms with Crippen LogP contribution in [0, 0.1) is 0 Å². The summed E-state index contributed by atoms with van der Waals surface area (Å²) in [6, 6.07) is 7.98. The Morgan fingerprint density at radius 3 is 2.60 bits per heavy atom. The zero-order chi connectivity index (χ0) is 10.5. The summed E-state index contributed by atoms with van der Waals surface area (Å²) in [6.45, 7) is 0. The lowest BCUT2D eigenvalue weighted by atomic mass is 10.1. The molecule has 1 aromatic carbocycles. The number of aryl methyl sites for hydroxylation is 2. The number of hydrogen-bond acceptors (Lipinski definition) is 4. The summed E-state index contributed by atoms with van der Waals surface area (Å²) < 4.78 is 5.08. The van der Waals surface area contributed by atoms with Gasteiger partial charge in [-0.15, -0.1) is 10.2 Å². The highest BCUT2D eigenvalue weighted by atomic mass is 16.5. The van der Waals surface area contributed by atoms with Gasteiger partial charge in [0, 0.05) is 6.42 Å². The zero-order valence-electron chi connectivity index (χ0n) is 8.47. The van der Waals surface area contributed by atoms with E-state index in [0.717, 1.165) is 24.4 Å². The molecule has 0 atom stereocenters. The summed E-state index contributed by atoms with van der Waals surface area (Å²) in [6.07, 6.45) is 1.70. The standard InChI is InChI=1S/C10H12N4O/c1-15-9-5-2-8(3-6-9)4-7-10-11-13-14-12-10/h2-3,5-6H,4,7H2,1H3,(H,11,12,13,14). The molecule has 0 unspecified atom stereocenters. The monoisotopic (exact) mass is 204 g/mol. The molecule has 0 spiro atoms. The molecule has 2 rings (SSSR count). The van der Waals surface area contributed by atoms with E-state index in [1.165, 1.54) is 5.56 Å². The van der Waals surface area contributed by atoms with Crippen molar-refractivity contribution in [2.75, 3.05) is 7.11 Å². The van der Waals surface area contributed by atoms with Gasteiger partial charge in [0.2, 0.25) is 0 Å². The summed E-state index contributed by atoms with van der Waals surface area (Å²) in [5.41, 5.74) is 1.24. The first kappa shape index (κ1) is 9.64. The first-order valence-electron chi connectivity index (χ1n) is 4.74. The van der Waals surface area contributed by atoms with Crippen LogP contribution >= 0.6 is 0 Å². The summed E-state index contributed by atoms with van der Waals surface area (Å²) in [5.74, 6) is 1.61. The average molecular weight is 204 g/mol. The first-order chi connectivity index (χ1) is 7.38. The first-order valence-corrected chi connectivity index (χ1v) is 4.74. The number of methoxy groups -OCH3 is 1. The van der Waals surface area contributed by atoms with Gasteiger partial charge in [-0.2, -0.15) is 5.21 Å². The highest BCUT2D eigenvalue weighted by Gasteiger charge is 1.99. The largest absolute Gasteiger partial charge is 0.497 e. The highest BCUT2D eigenvalue weighted by Crippen LogP contribution is 2.12. The van der Waals surface area contributed by atoms with Crippen LogP contribution in [0.5, 0.6) is 5.75 Å². The molecule has 1 heterocycles. The molecule has 0 radical (unpaired) electrons. The van der Waals surface area contributed by atoms with Gasteiger partial charge in [-0.25, -0.2) is 0 Å². The summed E-state index contributed by atoms with van der Waals surface area (Å²) >= 11 is 0. The van der Waals surface area contributed by atoms with E-state index >= 15 is 0 Å². The fourth-order valence-corrected chi connectivity index (χ4v) is 1.34. The van der Waals surface area contributed by atoms with Crippen molar-refractivity contribution in [2.24, 2.45) is 0 Å². The van der Waals surface area contributed by atoms with Crippen molar-refractivity contribution in [3.05, 3.63) is 35.7 Å². The minimum Gasteiger partial charge on any atom is -0.497 e. The smallest absolute Gasteiger partial charge is 0.174 e. The van der Waals surface area contributed by atoms with Crippen LogP contribution in [-0.4, -0.2) is 27.7 Å². The lowest BCUT2D eigenvalue weighted by molar-refractivity contribution is 0.414. The second-order valence-corrected chi connectivity index (χ2v) is 3.18. The molecule has 78 valence electrons. The van der Waals surface area contributed by atoms with E-state index in [4.69, 9.17) is 4.74 Å². The van der Waals surface area contributed by atoms with Crippen molar-refractivity contribution < 1.29 is 4.74 Å². The summed E-state index contributed by atoms with van der Waals surface area (Å²) in [5, 5.41) is 13.7. The number of aromatic amines is 1. The van der Waals surface area contributed by atoms with Crippen molar-refractivity contribution in [3.63, 3.8) is 0 Å². The van der Waals surface area contributed by atoms with Gasteiger partial charge < -0.3 is 4.74 Å². The molecule has 2 aromatic rings. The van der Waals surface area contributed by atoms with Gasteiger partial charge in [0.25, 0.3) is 0 Å². The van der Waals surface area contributed by atoms with E-state index in [2.05, 4.69) is 20.6 Å². The maximum atomic E-state index is 5.08. The molecular formula is C10H12N4O. The number of nitrogens with zero attached hydrogens (tertiary/aromatic N) is 3. The third kappa shape index (κ3) is 2.52. The molecule has 0 bridgehead atoms. The minimum absolute atomic E-state index is 0.741. The Balaban J connectivity index is 1.93. The number of tetrazole rings is 1. The fraction of sp³-hybridized carbons (Fsp3) is 0.300. The predicted octanol–water partition coefficient (Wildman–Crippen LogP) is 0.993. The topological polar surface area (TPSA) is 63.7 Å². The minimum atomic E-state index is 0.741. The normalized spacial score (nSPS) is 10.2. The van der Waals surface area contributed by atoms with Crippen molar-refractivity contribution in [1.82, 2.24) is 20.6 Å². The molecule has 0 aliphatic carbocycles. The van der Waals surface area contributed by atoms with Gasteiger partial charge in [0.05, 0.1) is 7.11 Å². The maximum Gasteiger partial charge on any atom is 0.174 e. The van der Waals surface area contributed by atoms with E-state index in [-0.39, 0.29) is 0 Å². The number of rotatable bonds is 4. The average Bonchev–Trinajstić information content (AvgIpc) is 2.80. The molecule has 0 fully saturated rings. The molecule has 1 N–H and O–H groups in total. The van der Waals surface area contributed by atoms with Crippen molar-refractivity contribution in [2.45, 2.75) is 12.8 Å². The Bertz CT molecular complexity index is 396. The third-order valence-corrected chi connectivity index (χ3v) is 2.19. The maximum absolute atomic E-state index is 5.08. The number of H-pyrrole nitrogens is 1. The molecule has 5 nitrogen and oxygen atoms in total. The number of ether oxygens (including phenoxy) is 1. The van der Waals surface area contributed by atoms with E-state index in [0.29, 0.717) is 0 Å². The van der Waals surface area contributed by atoms with Gasteiger partial charge in [-0.05, 0) is 24.1 Å². The quantitative estimate of drug-likeness (QED) is 0.806. The van der Waals surface area contributed by atoms with Crippen LogP contribution in [0.4, 0.5) is 0 Å². The van der Waals surface area contributed by atoms with E-state index in [1.807, 2.05) is 24.3 Å². The molecule has 15 heavy (non-hydrogen) atoms. The van der Waals surface area contributed by atoms with Gasteiger partial charge in [-0.3, -0.25) is 0 Å². The number of nitrogens with one attached hydrogen (secondary N) is 1. The van der Waals surface area contributed by atoms with Crippen LogP contribution in [0.3, 0.4) is 0 Å². The molecule has 1 aromatic heterocycles. The molecule has 5 heteroatoms. The van der Waals surface area contributed by atoms with Crippen LogP contribution < -0.4 is 4.74 Å². The molecule has 0 saturated heterocycles. The lowest BCUT2D eigenvalue weighted by Crippen LogP contribution is -1.94. The van der Waals surface area contributed by atoms with Crippen LogP contribution in [0.2, 0.25) is 0 Å². The zero-order valence-corrected chi connectivity index (χ0v) is 8.47. The Morgan fingerprint density at radius 2 is 2.00 bits per heavy atom. The summed E-state index contributed by atoms with van der Waals surface area (Å²) in [7, 11) is 1.66. The second kappa shape index (κ2) is 4.54. The number of hydrogen-bond donors (Lipinski definition) is 1. The molecule has 0 aliphatic rings. The van der Waals surface area contributed by atoms with Crippen LogP contribution in [-0.2, 0) is 12.8 Å². The van der Waals surface area contributed by atoms with Gasteiger partial charge >= 0.3 is 0 Å². The second-order valence-electron chi connectivity index (χ2n) is 3.18. The van der Waals surface area contributed by atoms with Crippen molar-refractivity contribution >= 4 is 0 Å². The fourth-order valence-electron chi connectivity index (χ4n) is 1.34. The Labute approximate surface area is 87.5 Å². The van der Waals surface area contributed by atoms with E-state index < -0.39 is 0 Å². The SMILES string of the molecule is COc1ccc(CCc2nn[nH]n2)cc1. The molecular weight excluding hydrogens is 192 g/mol. The van der Waals surface area contributed by atoms with Crippen molar-refractivity contribution in [1.29, 1.82) is 0 Å². The van der Waals surface area contributed by atoms with Gasteiger partial charge in [-0.1, -0.05) is 17.3 Å². The molecule has 0 amide bonds. The van der Waals surface area contributed by atoms with E-state index in [9.17, 15) is 0 Å². The molecule has 0 saturated carbocycles. The Hall–Kier alpha value is -1.91. The number of aromatic nitrogens is 4. The predicted molar refractivity (Wildman–Crippen MR) is 54.6 cm³/mol. The van der Waals surface area contributed by atoms with Crippen LogP contribution in [0.15, 0.2) is 24.3 Å². The Morgan fingerprint density at radius 1 is 1.20 bits per heavy atom. The number of benzene rings is 1. The van der Waals surface area contributed by atoms with Crippen molar-refractivity contribution in [3.8, 4) is 5.75 Å². The van der Waals surface area contributed by atoms with E-state index in [1.54, 1.807) is 7.11 Å². The molecule has 0 aliphatic heterocycles. The lowest BCUT2D eigenvalue weighted by Gasteiger charge is -2.01. The van der Waals surface area contributed by atoms with Crippen LogP contribution in [0.25, 0.3) is 0 Å². The van der Waals surface area contributed by atoms with Gasteiger partial charge in [0.15, 0.2) is 5.82 Å².